The lowest BCUT2D eigenvalue weighted by atomic mass is 10.1. The monoisotopic (exact) mass is 402 g/mol. The predicted octanol–water partition coefficient (Wildman–Crippen LogP) is 2.12. The number of aromatic nitrogens is 2. The topological polar surface area (TPSA) is 105 Å². The number of hydrogen-bond acceptors (Lipinski definition) is 7. The molecule has 2 saturated heterocycles. The molecular weight excluding hydrogens is 380 g/mol. The molecule has 2 aliphatic heterocycles. The van der Waals surface area contributed by atoms with E-state index >= 15 is 0 Å². The Morgan fingerprint density at radius 1 is 1.32 bits per heavy atom. The summed E-state index contributed by atoms with van der Waals surface area (Å²) in [5, 5.41) is 21.5. The number of nitrogens with zero attached hydrogens (tertiary/aromatic N) is 3. The molecule has 8 nitrogen and oxygen atoms in total. The Labute approximate surface area is 166 Å². The minimum atomic E-state index is -0.387. The molecule has 1 aromatic carbocycles. The lowest BCUT2D eigenvalue weighted by molar-refractivity contribution is -0.128. The van der Waals surface area contributed by atoms with Gasteiger partial charge < -0.3 is 20.1 Å². The molecule has 2 atom stereocenters. The molecule has 2 unspecified atom stereocenters. The standard InChI is InChI=1S/C19H22N4O4S/c24-14-5-3-12(4-6-14)7-8-23-11-13(10-16(23)25)17(26)20-19-22-21-18(28-19)15-2-1-9-27-15/h3-6,13,15,24H,1-2,7-11H2,(H,20,22,26). The Balaban J connectivity index is 1.29. The summed E-state index contributed by atoms with van der Waals surface area (Å²) in [5.41, 5.74) is 1.04. The van der Waals surface area contributed by atoms with Crippen molar-refractivity contribution in [2.24, 2.45) is 5.92 Å². The molecule has 2 N–H and O–H groups in total. The summed E-state index contributed by atoms with van der Waals surface area (Å²) in [6.45, 7) is 1.69. The van der Waals surface area contributed by atoms with E-state index in [0.29, 0.717) is 24.6 Å². The van der Waals surface area contributed by atoms with Crippen molar-refractivity contribution in [1.82, 2.24) is 15.1 Å². The molecule has 0 bridgehead atoms. The zero-order chi connectivity index (χ0) is 19.5. The minimum absolute atomic E-state index is 0.0174. The van der Waals surface area contributed by atoms with Gasteiger partial charge in [-0.15, -0.1) is 10.2 Å². The smallest absolute Gasteiger partial charge is 0.231 e. The van der Waals surface area contributed by atoms with Gasteiger partial charge in [-0.05, 0) is 37.0 Å². The maximum atomic E-state index is 12.5. The van der Waals surface area contributed by atoms with Crippen LogP contribution in [0.25, 0.3) is 0 Å². The molecule has 2 fully saturated rings. The lowest BCUT2D eigenvalue weighted by Crippen LogP contribution is -2.30. The Hall–Kier alpha value is -2.52. The molecule has 3 heterocycles. The van der Waals surface area contributed by atoms with Crippen LogP contribution < -0.4 is 5.32 Å². The number of carbonyl (C=O) groups excluding carboxylic acids is 2. The van der Waals surface area contributed by atoms with Crippen LogP contribution >= 0.6 is 11.3 Å². The van der Waals surface area contributed by atoms with Gasteiger partial charge in [0, 0.05) is 26.1 Å². The van der Waals surface area contributed by atoms with E-state index in [2.05, 4.69) is 15.5 Å². The Morgan fingerprint density at radius 2 is 2.14 bits per heavy atom. The van der Waals surface area contributed by atoms with Crippen molar-refractivity contribution in [3.8, 4) is 5.75 Å². The number of likely N-dealkylation sites (tertiary alicyclic amines) is 1. The van der Waals surface area contributed by atoms with Crippen LogP contribution in [0.5, 0.6) is 5.75 Å². The van der Waals surface area contributed by atoms with Crippen LogP contribution in [-0.2, 0) is 20.7 Å². The number of amides is 2. The van der Waals surface area contributed by atoms with Gasteiger partial charge >= 0.3 is 0 Å². The number of ether oxygens (including phenoxy) is 1. The van der Waals surface area contributed by atoms with Gasteiger partial charge in [0.05, 0.1) is 5.92 Å². The molecule has 9 heteroatoms. The first-order chi connectivity index (χ1) is 13.6. The number of carbonyl (C=O) groups is 2. The highest BCUT2D eigenvalue weighted by atomic mass is 32.1. The zero-order valence-electron chi connectivity index (χ0n) is 15.3. The van der Waals surface area contributed by atoms with E-state index in [4.69, 9.17) is 4.74 Å². The van der Waals surface area contributed by atoms with Crippen LogP contribution in [0.3, 0.4) is 0 Å². The number of anilines is 1. The maximum absolute atomic E-state index is 12.5. The largest absolute Gasteiger partial charge is 0.508 e. The van der Waals surface area contributed by atoms with Gasteiger partial charge in [-0.2, -0.15) is 0 Å². The normalized spacial score (nSPS) is 22.0. The van der Waals surface area contributed by atoms with Gasteiger partial charge in [0.15, 0.2) is 0 Å². The summed E-state index contributed by atoms with van der Waals surface area (Å²) in [6, 6.07) is 6.93. The molecule has 2 amide bonds. The number of benzene rings is 1. The van der Waals surface area contributed by atoms with Crippen molar-refractivity contribution in [3.63, 3.8) is 0 Å². The van der Waals surface area contributed by atoms with Crippen molar-refractivity contribution in [2.45, 2.75) is 31.8 Å². The number of aromatic hydroxyl groups is 1. The molecule has 0 aliphatic carbocycles. The first kappa shape index (κ1) is 18.8. The van der Waals surface area contributed by atoms with Gasteiger partial charge in [0.2, 0.25) is 16.9 Å². The van der Waals surface area contributed by atoms with Crippen LogP contribution in [0, 0.1) is 5.92 Å². The third kappa shape index (κ3) is 4.31. The van der Waals surface area contributed by atoms with E-state index in [-0.39, 0.29) is 36.0 Å². The quantitative estimate of drug-likeness (QED) is 0.767. The van der Waals surface area contributed by atoms with Crippen molar-refractivity contribution >= 4 is 28.3 Å². The second kappa shape index (κ2) is 8.24. The Morgan fingerprint density at radius 3 is 2.89 bits per heavy atom. The maximum Gasteiger partial charge on any atom is 0.231 e. The fraction of sp³-hybridized carbons (Fsp3) is 0.474. The zero-order valence-corrected chi connectivity index (χ0v) is 16.2. The summed E-state index contributed by atoms with van der Waals surface area (Å²) in [6.07, 6.45) is 2.80. The molecule has 148 valence electrons. The van der Waals surface area contributed by atoms with E-state index in [1.165, 1.54) is 11.3 Å². The van der Waals surface area contributed by atoms with E-state index in [1.54, 1.807) is 17.0 Å². The third-order valence-electron chi connectivity index (χ3n) is 5.07. The summed E-state index contributed by atoms with van der Waals surface area (Å²) in [5.74, 6) is -0.383. The van der Waals surface area contributed by atoms with E-state index < -0.39 is 0 Å². The first-order valence-electron chi connectivity index (χ1n) is 9.40. The highest BCUT2D eigenvalue weighted by Gasteiger charge is 2.34. The number of rotatable bonds is 6. The van der Waals surface area contributed by atoms with Gasteiger partial charge in [0.1, 0.15) is 16.9 Å². The van der Waals surface area contributed by atoms with Gasteiger partial charge in [0.25, 0.3) is 0 Å². The average molecular weight is 402 g/mol. The third-order valence-corrected chi connectivity index (χ3v) is 6.00. The van der Waals surface area contributed by atoms with Crippen LogP contribution in [0.15, 0.2) is 24.3 Å². The number of phenolic OH excluding ortho intramolecular Hbond substituents is 1. The van der Waals surface area contributed by atoms with E-state index in [1.807, 2.05) is 12.1 Å². The Bertz CT molecular complexity index is 848. The SMILES string of the molecule is O=C(Nc1nnc(C2CCCO2)s1)C1CC(=O)N(CCc2ccc(O)cc2)C1. The lowest BCUT2D eigenvalue weighted by Gasteiger charge is -2.16. The van der Waals surface area contributed by atoms with Crippen LogP contribution in [-0.4, -0.2) is 51.7 Å². The van der Waals surface area contributed by atoms with Gasteiger partial charge in [-0.25, -0.2) is 0 Å². The van der Waals surface area contributed by atoms with Gasteiger partial charge in [-0.1, -0.05) is 23.5 Å². The molecule has 4 rings (SSSR count). The fourth-order valence-electron chi connectivity index (χ4n) is 3.49. The second-order valence-corrected chi connectivity index (χ2v) is 8.10. The van der Waals surface area contributed by atoms with Crippen molar-refractivity contribution in [1.29, 1.82) is 0 Å². The summed E-state index contributed by atoms with van der Waals surface area (Å²) < 4.78 is 5.59. The van der Waals surface area contributed by atoms with Crippen molar-refractivity contribution in [2.75, 3.05) is 25.0 Å². The minimum Gasteiger partial charge on any atom is -0.508 e. The highest BCUT2D eigenvalue weighted by molar-refractivity contribution is 7.15. The second-order valence-electron chi connectivity index (χ2n) is 7.09. The predicted molar refractivity (Wildman–Crippen MR) is 103 cm³/mol. The molecule has 1 aromatic heterocycles. The van der Waals surface area contributed by atoms with Crippen LogP contribution in [0.2, 0.25) is 0 Å². The molecule has 2 aliphatic rings. The van der Waals surface area contributed by atoms with Crippen LogP contribution in [0.4, 0.5) is 5.13 Å². The average Bonchev–Trinajstić information content (AvgIpc) is 3.42. The van der Waals surface area contributed by atoms with Crippen LogP contribution in [0.1, 0.15) is 35.9 Å². The van der Waals surface area contributed by atoms with E-state index in [9.17, 15) is 14.7 Å². The summed E-state index contributed by atoms with van der Waals surface area (Å²) in [7, 11) is 0. The summed E-state index contributed by atoms with van der Waals surface area (Å²) in [4.78, 5) is 26.5. The molecule has 0 saturated carbocycles. The molecule has 0 radical (unpaired) electrons. The fourth-order valence-corrected chi connectivity index (χ4v) is 4.32. The van der Waals surface area contributed by atoms with Gasteiger partial charge in [-0.3, -0.25) is 9.59 Å². The number of nitrogens with one attached hydrogen (secondary N) is 1. The number of hydrogen-bond donors (Lipinski definition) is 2. The highest BCUT2D eigenvalue weighted by Crippen LogP contribution is 2.32. The van der Waals surface area contributed by atoms with Crippen molar-refractivity contribution < 1.29 is 19.4 Å². The summed E-state index contributed by atoms with van der Waals surface area (Å²) >= 11 is 1.33. The molecule has 28 heavy (non-hydrogen) atoms. The Kier molecular flexibility index (Phi) is 5.54. The molecule has 0 spiro atoms. The molecule has 2 aromatic rings. The van der Waals surface area contributed by atoms with Crippen molar-refractivity contribution in [3.05, 3.63) is 34.8 Å². The molecular formula is C19H22N4O4S. The first-order valence-corrected chi connectivity index (χ1v) is 10.2. The van der Waals surface area contributed by atoms with E-state index in [0.717, 1.165) is 30.0 Å². The number of phenols is 1.